The van der Waals surface area contributed by atoms with Crippen LogP contribution < -0.4 is 10.1 Å². The van der Waals surface area contributed by atoms with E-state index in [2.05, 4.69) is 5.32 Å². The van der Waals surface area contributed by atoms with Crippen molar-refractivity contribution in [3.8, 4) is 5.75 Å². The Hall–Kier alpha value is -3.40. The average molecular weight is 359 g/mol. The Morgan fingerprint density at radius 2 is 1.56 bits per heavy atom. The van der Waals surface area contributed by atoms with Crippen molar-refractivity contribution in [2.75, 3.05) is 5.32 Å². The van der Waals surface area contributed by atoms with Crippen molar-refractivity contribution in [3.05, 3.63) is 95.6 Å². The first-order valence-electron chi connectivity index (χ1n) is 8.77. The van der Waals surface area contributed by atoms with Crippen molar-refractivity contribution >= 4 is 17.4 Å². The summed E-state index contributed by atoms with van der Waals surface area (Å²) in [5.74, 6) is 0.235. The lowest BCUT2D eigenvalue weighted by atomic mass is 10.1. The molecule has 4 nitrogen and oxygen atoms in total. The molecule has 0 aliphatic carbocycles. The van der Waals surface area contributed by atoms with Gasteiger partial charge >= 0.3 is 0 Å². The first-order valence-corrected chi connectivity index (χ1v) is 8.77. The highest BCUT2D eigenvalue weighted by Gasteiger charge is 2.17. The SMILES string of the molecule is Cc1ccc(C(=O)[C@H](C)Oc2cccc(NC(=O)c3ccccc3)c2)cc1. The van der Waals surface area contributed by atoms with Crippen LogP contribution in [0.2, 0.25) is 0 Å². The molecule has 0 aliphatic rings. The third-order valence-corrected chi connectivity index (χ3v) is 4.15. The average Bonchev–Trinajstić information content (AvgIpc) is 2.69. The summed E-state index contributed by atoms with van der Waals surface area (Å²) in [6.45, 7) is 3.70. The Morgan fingerprint density at radius 3 is 2.26 bits per heavy atom. The highest BCUT2D eigenvalue weighted by molar-refractivity contribution is 6.04. The summed E-state index contributed by atoms with van der Waals surface area (Å²) in [6.07, 6.45) is -0.632. The van der Waals surface area contributed by atoms with Crippen molar-refractivity contribution in [2.45, 2.75) is 20.0 Å². The van der Waals surface area contributed by atoms with E-state index in [0.29, 0.717) is 22.6 Å². The van der Waals surface area contributed by atoms with E-state index in [0.717, 1.165) is 5.56 Å². The van der Waals surface area contributed by atoms with Gasteiger partial charge in [0.2, 0.25) is 5.78 Å². The van der Waals surface area contributed by atoms with Gasteiger partial charge in [-0.25, -0.2) is 0 Å². The van der Waals surface area contributed by atoms with Crippen LogP contribution >= 0.6 is 0 Å². The number of Topliss-reactive ketones (excluding diaryl/α,β-unsaturated/α-hetero) is 1. The summed E-state index contributed by atoms with van der Waals surface area (Å²) in [5.41, 5.74) is 2.90. The first-order chi connectivity index (χ1) is 13.0. The summed E-state index contributed by atoms with van der Waals surface area (Å²) in [7, 11) is 0. The van der Waals surface area contributed by atoms with Gasteiger partial charge in [0.15, 0.2) is 6.10 Å². The molecule has 0 heterocycles. The van der Waals surface area contributed by atoms with Gasteiger partial charge in [-0.1, -0.05) is 54.1 Å². The maximum atomic E-state index is 12.5. The minimum absolute atomic E-state index is 0.0891. The molecule has 0 spiro atoms. The molecule has 3 aromatic carbocycles. The van der Waals surface area contributed by atoms with Gasteiger partial charge in [-0.05, 0) is 38.1 Å². The molecule has 136 valence electrons. The lowest BCUT2D eigenvalue weighted by molar-refractivity contribution is 0.0818. The Bertz CT molecular complexity index is 933. The molecule has 3 rings (SSSR count). The van der Waals surface area contributed by atoms with Gasteiger partial charge in [0.05, 0.1) is 0 Å². The number of hydrogen-bond donors (Lipinski definition) is 1. The van der Waals surface area contributed by atoms with E-state index >= 15 is 0 Å². The zero-order chi connectivity index (χ0) is 19.2. The van der Waals surface area contributed by atoms with Crippen LogP contribution in [0.1, 0.15) is 33.2 Å². The number of nitrogens with one attached hydrogen (secondary N) is 1. The predicted octanol–water partition coefficient (Wildman–Crippen LogP) is 4.90. The number of rotatable bonds is 6. The molecular formula is C23H21NO3. The monoisotopic (exact) mass is 359 g/mol. The van der Waals surface area contributed by atoms with Crippen LogP contribution in [0.25, 0.3) is 0 Å². The van der Waals surface area contributed by atoms with Gasteiger partial charge in [-0.3, -0.25) is 9.59 Å². The molecule has 0 aromatic heterocycles. The van der Waals surface area contributed by atoms with E-state index < -0.39 is 6.10 Å². The second-order valence-corrected chi connectivity index (χ2v) is 6.34. The molecule has 27 heavy (non-hydrogen) atoms. The molecular weight excluding hydrogens is 338 g/mol. The van der Waals surface area contributed by atoms with Crippen LogP contribution in [0.3, 0.4) is 0 Å². The lowest BCUT2D eigenvalue weighted by Crippen LogP contribution is -2.24. The zero-order valence-corrected chi connectivity index (χ0v) is 15.3. The van der Waals surface area contributed by atoms with E-state index in [-0.39, 0.29) is 11.7 Å². The minimum atomic E-state index is -0.632. The summed E-state index contributed by atoms with van der Waals surface area (Å²) < 4.78 is 5.79. The molecule has 3 aromatic rings. The molecule has 0 aliphatic heterocycles. The molecule has 1 atom stereocenters. The lowest BCUT2D eigenvalue weighted by Gasteiger charge is -2.15. The number of anilines is 1. The molecule has 0 radical (unpaired) electrons. The van der Waals surface area contributed by atoms with Crippen LogP contribution in [0, 0.1) is 6.92 Å². The number of carbonyl (C=O) groups excluding carboxylic acids is 2. The number of ether oxygens (including phenoxy) is 1. The van der Waals surface area contributed by atoms with E-state index in [4.69, 9.17) is 4.74 Å². The largest absolute Gasteiger partial charge is 0.482 e. The third-order valence-electron chi connectivity index (χ3n) is 4.15. The number of aryl methyl sites for hydroxylation is 1. The van der Waals surface area contributed by atoms with Crippen molar-refractivity contribution in [2.24, 2.45) is 0 Å². The molecule has 1 amide bonds. The van der Waals surface area contributed by atoms with Gasteiger partial charge in [0.1, 0.15) is 5.75 Å². The number of carbonyl (C=O) groups is 2. The van der Waals surface area contributed by atoms with Gasteiger partial charge in [-0.2, -0.15) is 0 Å². The Kier molecular flexibility index (Phi) is 5.67. The first kappa shape index (κ1) is 18.4. The zero-order valence-electron chi connectivity index (χ0n) is 15.3. The van der Waals surface area contributed by atoms with Crippen LogP contribution in [0.15, 0.2) is 78.9 Å². The fraction of sp³-hybridized carbons (Fsp3) is 0.130. The molecule has 0 saturated carbocycles. The Morgan fingerprint density at radius 1 is 0.852 bits per heavy atom. The summed E-state index contributed by atoms with van der Waals surface area (Å²) in [6, 6.07) is 23.4. The third kappa shape index (κ3) is 4.82. The van der Waals surface area contributed by atoms with Crippen molar-refractivity contribution < 1.29 is 14.3 Å². The van der Waals surface area contributed by atoms with E-state index in [1.807, 2.05) is 37.3 Å². The highest BCUT2D eigenvalue weighted by atomic mass is 16.5. The smallest absolute Gasteiger partial charge is 0.255 e. The number of hydrogen-bond acceptors (Lipinski definition) is 3. The predicted molar refractivity (Wildman–Crippen MR) is 106 cm³/mol. The maximum Gasteiger partial charge on any atom is 0.255 e. The highest BCUT2D eigenvalue weighted by Crippen LogP contribution is 2.20. The number of amides is 1. The molecule has 0 fully saturated rings. The van der Waals surface area contributed by atoms with Gasteiger partial charge in [-0.15, -0.1) is 0 Å². The summed E-state index contributed by atoms with van der Waals surface area (Å²) in [4.78, 5) is 24.8. The van der Waals surface area contributed by atoms with Crippen molar-refractivity contribution in [1.82, 2.24) is 0 Å². The molecule has 4 heteroatoms. The van der Waals surface area contributed by atoms with Crippen LogP contribution in [0.4, 0.5) is 5.69 Å². The van der Waals surface area contributed by atoms with Crippen molar-refractivity contribution in [1.29, 1.82) is 0 Å². The van der Waals surface area contributed by atoms with E-state index in [1.54, 1.807) is 55.5 Å². The molecule has 0 saturated heterocycles. The second-order valence-electron chi connectivity index (χ2n) is 6.34. The molecule has 1 N–H and O–H groups in total. The van der Waals surface area contributed by atoms with Crippen LogP contribution in [-0.2, 0) is 0 Å². The quantitative estimate of drug-likeness (QED) is 0.637. The maximum absolute atomic E-state index is 12.5. The fourth-order valence-electron chi connectivity index (χ4n) is 2.65. The van der Waals surface area contributed by atoms with Crippen molar-refractivity contribution in [3.63, 3.8) is 0 Å². The van der Waals surface area contributed by atoms with E-state index in [1.165, 1.54) is 0 Å². The number of benzene rings is 3. The van der Waals surface area contributed by atoms with Crippen LogP contribution in [-0.4, -0.2) is 17.8 Å². The molecule has 0 unspecified atom stereocenters. The molecule has 0 bridgehead atoms. The standard InChI is InChI=1S/C23H21NO3/c1-16-11-13-18(14-12-16)22(25)17(2)27-21-10-6-9-20(15-21)24-23(26)19-7-4-3-5-8-19/h3-15,17H,1-2H3,(H,24,26)/t17-/m0/s1. The Balaban J connectivity index is 1.67. The van der Waals surface area contributed by atoms with Gasteiger partial charge in [0.25, 0.3) is 5.91 Å². The normalized spacial score (nSPS) is 11.5. The minimum Gasteiger partial charge on any atom is -0.482 e. The second kappa shape index (κ2) is 8.32. The summed E-state index contributed by atoms with van der Waals surface area (Å²) >= 11 is 0. The van der Waals surface area contributed by atoms with Gasteiger partial charge < -0.3 is 10.1 Å². The number of ketones is 1. The fourth-order valence-corrected chi connectivity index (χ4v) is 2.65. The summed E-state index contributed by atoms with van der Waals surface area (Å²) in [5, 5.41) is 2.84. The van der Waals surface area contributed by atoms with Gasteiger partial charge in [0, 0.05) is 22.9 Å². The van der Waals surface area contributed by atoms with E-state index in [9.17, 15) is 9.59 Å². The topological polar surface area (TPSA) is 55.4 Å². The Labute approximate surface area is 158 Å². The van der Waals surface area contributed by atoms with Crippen LogP contribution in [0.5, 0.6) is 5.75 Å².